The normalized spacial score (nSPS) is 27.7. The molecule has 4 unspecified atom stereocenters. The van der Waals surface area contributed by atoms with Crippen molar-refractivity contribution in [2.45, 2.75) is 52.1 Å². The summed E-state index contributed by atoms with van der Waals surface area (Å²) >= 11 is 0. The van der Waals surface area contributed by atoms with Crippen molar-refractivity contribution in [3.63, 3.8) is 0 Å². The van der Waals surface area contributed by atoms with Crippen LogP contribution in [0.2, 0.25) is 0 Å². The van der Waals surface area contributed by atoms with E-state index in [1.165, 1.54) is 35.6 Å². The molecule has 1 nitrogen and oxygen atoms in total. The summed E-state index contributed by atoms with van der Waals surface area (Å²) in [6, 6.07) is 16.4. The summed E-state index contributed by atoms with van der Waals surface area (Å²) in [6.45, 7) is 7.11. The van der Waals surface area contributed by atoms with Gasteiger partial charge in [-0.25, -0.2) is 0 Å². The number of benzene rings is 2. The molecule has 0 spiro atoms. The predicted molar refractivity (Wildman–Crippen MR) is 91.5 cm³/mol. The van der Waals surface area contributed by atoms with Crippen LogP contribution < -0.4 is 5.32 Å². The largest absolute Gasteiger partial charge is 0.307 e. The van der Waals surface area contributed by atoms with E-state index in [0.717, 1.165) is 11.8 Å². The lowest BCUT2D eigenvalue weighted by molar-refractivity contribution is 0.216. The van der Waals surface area contributed by atoms with Crippen LogP contribution in [0.3, 0.4) is 0 Å². The van der Waals surface area contributed by atoms with Crippen molar-refractivity contribution in [1.82, 2.24) is 5.32 Å². The molecular formula is C20H27N. The van der Waals surface area contributed by atoms with E-state index in [4.69, 9.17) is 0 Å². The lowest BCUT2D eigenvalue weighted by Crippen LogP contribution is -2.40. The fourth-order valence-corrected chi connectivity index (χ4v) is 3.80. The Bertz CT molecular complexity index is 598. The Morgan fingerprint density at radius 1 is 1.00 bits per heavy atom. The van der Waals surface area contributed by atoms with Crippen LogP contribution in [-0.4, -0.2) is 6.04 Å². The molecule has 0 saturated heterocycles. The SMILES string of the molecule is CC1CCC(C)C(NC(C)c2cccc3ccccc23)C1. The van der Waals surface area contributed by atoms with Gasteiger partial charge in [-0.2, -0.15) is 0 Å². The fraction of sp³-hybridized carbons (Fsp3) is 0.500. The van der Waals surface area contributed by atoms with E-state index in [-0.39, 0.29) is 0 Å². The quantitative estimate of drug-likeness (QED) is 0.803. The smallest absolute Gasteiger partial charge is 0.0300 e. The summed E-state index contributed by atoms with van der Waals surface area (Å²) in [4.78, 5) is 0. The maximum Gasteiger partial charge on any atom is 0.0300 e. The number of fused-ring (bicyclic) bond motifs is 1. The Kier molecular flexibility index (Phi) is 4.30. The number of rotatable bonds is 3. The molecule has 2 aromatic rings. The first-order valence-electron chi connectivity index (χ1n) is 8.39. The summed E-state index contributed by atoms with van der Waals surface area (Å²) in [7, 11) is 0. The van der Waals surface area contributed by atoms with Crippen LogP contribution >= 0.6 is 0 Å². The molecule has 1 N–H and O–H groups in total. The highest BCUT2D eigenvalue weighted by Crippen LogP contribution is 2.31. The van der Waals surface area contributed by atoms with Crippen LogP contribution in [0, 0.1) is 11.8 Å². The summed E-state index contributed by atoms with van der Waals surface area (Å²) in [5.74, 6) is 1.65. The van der Waals surface area contributed by atoms with E-state index in [0.29, 0.717) is 12.1 Å². The van der Waals surface area contributed by atoms with E-state index >= 15 is 0 Å². The van der Waals surface area contributed by atoms with Gasteiger partial charge < -0.3 is 5.32 Å². The molecule has 0 aliphatic heterocycles. The molecule has 0 heterocycles. The third kappa shape index (κ3) is 3.13. The fourth-order valence-electron chi connectivity index (χ4n) is 3.80. The van der Waals surface area contributed by atoms with Gasteiger partial charge in [-0.15, -0.1) is 0 Å². The molecular weight excluding hydrogens is 254 g/mol. The number of hydrogen-bond acceptors (Lipinski definition) is 1. The molecule has 1 fully saturated rings. The van der Waals surface area contributed by atoms with Crippen LogP contribution in [0.5, 0.6) is 0 Å². The van der Waals surface area contributed by atoms with E-state index in [1.807, 2.05) is 0 Å². The second-order valence-corrected chi connectivity index (χ2v) is 6.96. The highest BCUT2D eigenvalue weighted by Gasteiger charge is 2.26. The minimum atomic E-state index is 0.411. The Morgan fingerprint density at radius 3 is 2.62 bits per heavy atom. The van der Waals surface area contributed by atoms with E-state index in [2.05, 4.69) is 68.6 Å². The summed E-state index contributed by atoms with van der Waals surface area (Å²) in [5, 5.41) is 6.63. The molecule has 0 amide bonds. The van der Waals surface area contributed by atoms with Gasteiger partial charge in [0.25, 0.3) is 0 Å². The zero-order chi connectivity index (χ0) is 14.8. The zero-order valence-electron chi connectivity index (χ0n) is 13.5. The zero-order valence-corrected chi connectivity index (χ0v) is 13.5. The Labute approximate surface area is 128 Å². The number of nitrogens with one attached hydrogen (secondary N) is 1. The Hall–Kier alpha value is -1.34. The second-order valence-electron chi connectivity index (χ2n) is 6.96. The van der Waals surface area contributed by atoms with E-state index in [1.54, 1.807) is 0 Å². The van der Waals surface area contributed by atoms with Crippen molar-refractivity contribution < 1.29 is 0 Å². The van der Waals surface area contributed by atoms with Crippen molar-refractivity contribution >= 4 is 10.8 Å². The van der Waals surface area contributed by atoms with Crippen molar-refractivity contribution in [3.8, 4) is 0 Å². The standard InChI is InChI=1S/C20H27N/c1-14-11-12-15(2)20(13-14)21-16(3)18-10-6-8-17-7-4-5-9-19(17)18/h4-10,14-16,20-21H,11-13H2,1-3H3. The van der Waals surface area contributed by atoms with Gasteiger partial charge in [-0.3, -0.25) is 0 Å². The maximum atomic E-state index is 3.91. The van der Waals surface area contributed by atoms with Gasteiger partial charge in [0.15, 0.2) is 0 Å². The first kappa shape index (κ1) is 14.6. The molecule has 21 heavy (non-hydrogen) atoms. The van der Waals surface area contributed by atoms with Gasteiger partial charge in [-0.05, 0) is 47.9 Å². The summed E-state index contributed by atoms with van der Waals surface area (Å²) in [5.41, 5.74) is 1.43. The Morgan fingerprint density at radius 2 is 1.76 bits per heavy atom. The predicted octanol–water partition coefficient (Wildman–Crippen LogP) is 5.32. The van der Waals surface area contributed by atoms with Gasteiger partial charge in [0.05, 0.1) is 0 Å². The van der Waals surface area contributed by atoms with Crippen molar-refractivity contribution in [2.75, 3.05) is 0 Å². The molecule has 3 rings (SSSR count). The first-order chi connectivity index (χ1) is 10.1. The molecule has 0 aromatic heterocycles. The third-order valence-corrected chi connectivity index (χ3v) is 5.21. The topological polar surface area (TPSA) is 12.0 Å². The van der Waals surface area contributed by atoms with Crippen molar-refractivity contribution in [2.24, 2.45) is 11.8 Å². The molecule has 2 aromatic carbocycles. The molecule has 1 aliphatic rings. The minimum Gasteiger partial charge on any atom is -0.307 e. The first-order valence-corrected chi connectivity index (χ1v) is 8.39. The highest BCUT2D eigenvalue weighted by molar-refractivity contribution is 5.86. The highest BCUT2D eigenvalue weighted by atomic mass is 15.0. The molecule has 0 radical (unpaired) electrons. The molecule has 1 saturated carbocycles. The lowest BCUT2D eigenvalue weighted by Gasteiger charge is -2.35. The molecule has 0 bridgehead atoms. The van der Waals surface area contributed by atoms with Crippen LogP contribution in [-0.2, 0) is 0 Å². The van der Waals surface area contributed by atoms with Crippen LogP contribution in [0.1, 0.15) is 51.6 Å². The monoisotopic (exact) mass is 281 g/mol. The van der Waals surface area contributed by atoms with E-state index < -0.39 is 0 Å². The van der Waals surface area contributed by atoms with Crippen LogP contribution in [0.4, 0.5) is 0 Å². The minimum absolute atomic E-state index is 0.411. The van der Waals surface area contributed by atoms with Gasteiger partial charge in [0.1, 0.15) is 0 Å². The molecule has 112 valence electrons. The van der Waals surface area contributed by atoms with Crippen LogP contribution in [0.15, 0.2) is 42.5 Å². The van der Waals surface area contributed by atoms with E-state index in [9.17, 15) is 0 Å². The third-order valence-electron chi connectivity index (χ3n) is 5.21. The average Bonchev–Trinajstić information content (AvgIpc) is 2.50. The molecule has 1 heteroatoms. The lowest BCUT2D eigenvalue weighted by atomic mass is 9.79. The van der Waals surface area contributed by atoms with Gasteiger partial charge in [0.2, 0.25) is 0 Å². The van der Waals surface area contributed by atoms with Crippen molar-refractivity contribution in [3.05, 3.63) is 48.0 Å². The number of hydrogen-bond donors (Lipinski definition) is 1. The Balaban J connectivity index is 1.82. The average molecular weight is 281 g/mol. The summed E-state index contributed by atoms with van der Waals surface area (Å²) in [6.07, 6.45) is 4.07. The maximum absolute atomic E-state index is 3.91. The van der Waals surface area contributed by atoms with Crippen LogP contribution in [0.25, 0.3) is 10.8 Å². The molecule has 4 atom stereocenters. The van der Waals surface area contributed by atoms with Gasteiger partial charge in [0, 0.05) is 12.1 Å². The van der Waals surface area contributed by atoms with Crippen molar-refractivity contribution in [1.29, 1.82) is 0 Å². The van der Waals surface area contributed by atoms with Gasteiger partial charge >= 0.3 is 0 Å². The van der Waals surface area contributed by atoms with Gasteiger partial charge in [-0.1, -0.05) is 62.7 Å². The summed E-state index contributed by atoms with van der Waals surface area (Å²) < 4.78 is 0. The molecule has 1 aliphatic carbocycles. The second kappa shape index (κ2) is 6.19.